The molecule has 0 bridgehead atoms. The first-order valence-corrected chi connectivity index (χ1v) is 10.4. The van der Waals surface area contributed by atoms with Crippen LogP contribution in [0.2, 0.25) is 0 Å². The summed E-state index contributed by atoms with van der Waals surface area (Å²) in [6.45, 7) is 6.49. The minimum absolute atomic E-state index is 0.0549. The molecular formula is C17H25N5O2S2. The molecule has 2 aromatic rings. The van der Waals surface area contributed by atoms with Gasteiger partial charge in [0.25, 0.3) is 5.91 Å². The van der Waals surface area contributed by atoms with Gasteiger partial charge >= 0.3 is 0 Å². The van der Waals surface area contributed by atoms with Crippen LogP contribution in [0.3, 0.4) is 0 Å². The van der Waals surface area contributed by atoms with Gasteiger partial charge in [-0.2, -0.15) is 4.37 Å². The molecule has 9 heteroatoms. The van der Waals surface area contributed by atoms with E-state index in [1.54, 1.807) is 13.3 Å². The Kier molecular flexibility index (Phi) is 6.20. The Hall–Kier alpha value is -1.58. The van der Waals surface area contributed by atoms with Gasteiger partial charge in [0, 0.05) is 51.1 Å². The average molecular weight is 396 g/mol. The van der Waals surface area contributed by atoms with Crippen LogP contribution >= 0.6 is 22.9 Å². The van der Waals surface area contributed by atoms with Gasteiger partial charge < -0.3 is 14.5 Å². The molecular weight excluding hydrogens is 370 g/mol. The van der Waals surface area contributed by atoms with E-state index in [0.717, 1.165) is 41.9 Å². The Morgan fingerprint density at radius 3 is 3.00 bits per heavy atom. The summed E-state index contributed by atoms with van der Waals surface area (Å²) in [5.74, 6) is 1.23. The number of carbonyl (C=O) groups is 1. The summed E-state index contributed by atoms with van der Waals surface area (Å²) in [7, 11) is 3.56. The molecule has 2 aromatic heterocycles. The molecule has 7 nitrogen and oxygen atoms in total. The third-order valence-corrected chi connectivity index (χ3v) is 6.62. The van der Waals surface area contributed by atoms with Crippen LogP contribution in [0.1, 0.15) is 46.7 Å². The fourth-order valence-electron chi connectivity index (χ4n) is 2.89. The molecule has 1 fully saturated rings. The molecule has 1 saturated heterocycles. The molecule has 0 saturated carbocycles. The Bertz CT molecular complexity index is 745. The van der Waals surface area contributed by atoms with Gasteiger partial charge in [-0.05, 0) is 6.42 Å². The molecule has 1 aliphatic rings. The van der Waals surface area contributed by atoms with Crippen LogP contribution in [-0.4, -0.2) is 65.0 Å². The molecule has 3 heterocycles. The van der Waals surface area contributed by atoms with Crippen LogP contribution in [0.25, 0.3) is 0 Å². The highest BCUT2D eigenvalue weighted by atomic mass is 32.1. The molecule has 1 amide bonds. The number of anilines is 1. The lowest BCUT2D eigenvalue weighted by atomic mass is 10.2. The van der Waals surface area contributed by atoms with Gasteiger partial charge in [-0.3, -0.25) is 4.79 Å². The fraction of sp³-hybridized carbons (Fsp3) is 0.647. The molecule has 1 aliphatic heterocycles. The number of carbonyl (C=O) groups excluding carboxylic acids is 1. The van der Waals surface area contributed by atoms with Crippen molar-refractivity contribution in [1.82, 2.24) is 19.2 Å². The first kappa shape index (κ1) is 19.2. The molecule has 0 aliphatic carbocycles. The van der Waals surface area contributed by atoms with Crippen LogP contribution in [0.15, 0.2) is 6.20 Å². The van der Waals surface area contributed by atoms with Gasteiger partial charge in [-0.15, -0.1) is 11.3 Å². The maximum atomic E-state index is 12.8. The minimum atomic E-state index is 0.0549. The van der Waals surface area contributed by atoms with Crippen molar-refractivity contribution in [2.24, 2.45) is 0 Å². The van der Waals surface area contributed by atoms with E-state index in [-0.39, 0.29) is 11.9 Å². The summed E-state index contributed by atoms with van der Waals surface area (Å²) >= 11 is 2.92. The molecule has 0 N–H and O–H groups in total. The number of aromatic nitrogens is 3. The summed E-state index contributed by atoms with van der Waals surface area (Å²) in [6.07, 6.45) is 3.37. The summed E-state index contributed by atoms with van der Waals surface area (Å²) in [5, 5.41) is 1.94. The van der Waals surface area contributed by atoms with Gasteiger partial charge in [0.1, 0.15) is 10.7 Å². The Balaban J connectivity index is 1.60. The van der Waals surface area contributed by atoms with Crippen molar-refractivity contribution in [3.63, 3.8) is 0 Å². The molecule has 142 valence electrons. The quantitative estimate of drug-likeness (QED) is 0.718. The van der Waals surface area contributed by atoms with Gasteiger partial charge in [-0.25, -0.2) is 9.97 Å². The van der Waals surface area contributed by atoms with Crippen molar-refractivity contribution in [3.8, 4) is 0 Å². The topological polar surface area (TPSA) is 71.5 Å². The average Bonchev–Trinajstić information content (AvgIpc) is 3.38. The van der Waals surface area contributed by atoms with E-state index in [9.17, 15) is 4.79 Å². The number of ether oxygens (including phenoxy) is 1. The number of methoxy groups -OCH3 is 1. The summed E-state index contributed by atoms with van der Waals surface area (Å²) < 4.78 is 9.47. The highest BCUT2D eigenvalue weighted by Crippen LogP contribution is 2.27. The second-order valence-electron chi connectivity index (χ2n) is 6.76. The summed E-state index contributed by atoms with van der Waals surface area (Å²) in [5.41, 5.74) is 0. The molecule has 0 radical (unpaired) electrons. The van der Waals surface area contributed by atoms with E-state index in [4.69, 9.17) is 4.74 Å². The number of hydrogen-bond acceptors (Lipinski definition) is 8. The van der Waals surface area contributed by atoms with E-state index < -0.39 is 0 Å². The standard InChI is InChI=1S/C17H25N5O2S2/c1-11(2)15-18-9-13(25-15)16(23)21(3)12-5-7-22(10-12)17-19-14(20-26-17)6-8-24-4/h9,11-12H,5-8,10H2,1-4H3. The Morgan fingerprint density at radius 1 is 1.50 bits per heavy atom. The van der Waals surface area contributed by atoms with E-state index in [0.29, 0.717) is 17.4 Å². The third kappa shape index (κ3) is 4.21. The number of thiazole rings is 1. The van der Waals surface area contributed by atoms with Crippen LogP contribution < -0.4 is 4.90 Å². The first-order valence-electron chi connectivity index (χ1n) is 8.79. The normalized spacial score (nSPS) is 17.3. The van der Waals surface area contributed by atoms with Gasteiger partial charge in [0.05, 0.1) is 23.9 Å². The molecule has 0 aromatic carbocycles. The minimum Gasteiger partial charge on any atom is -0.384 e. The molecule has 3 rings (SSSR count). The molecule has 0 spiro atoms. The lowest BCUT2D eigenvalue weighted by molar-refractivity contribution is 0.0749. The predicted octanol–water partition coefficient (Wildman–Crippen LogP) is 2.66. The Labute approximate surface area is 162 Å². The maximum absolute atomic E-state index is 12.8. The largest absolute Gasteiger partial charge is 0.384 e. The number of amides is 1. The lowest BCUT2D eigenvalue weighted by Crippen LogP contribution is -2.38. The van der Waals surface area contributed by atoms with Crippen molar-refractivity contribution in [2.75, 3.05) is 38.8 Å². The highest BCUT2D eigenvalue weighted by molar-refractivity contribution is 7.13. The van der Waals surface area contributed by atoms with Crippen molar-refractivity contribution >= 4 is 33.9 Å². The number of rotatable bonds is 7. The van der Waals surface area contributed by atoms with Crippen LogP contribution in [0.5, 0.6) is 0 Å². The van der Waals surface area contributed by atoms with Gasteiger partial charge in [0.2, 0.25) is 5.13 Å². The number of likely N-dealkylation sites (N-methyl/N-ethyl adjacent to an activating group) is 1. The second-order valence-corrected chi connectivity index (χ2v) is 8.55. The first-order chi connectivity index (χ1) is 12.5. The van der Waals surface area contributed by atoms with Gasteiger partial charge in [0.15, 0.2) is 0 Å². The number of nitrogens with zero attached hydrogens (tertiary/aromatic N) is 5. The van der Waals surface area contributed by atoms with E-state index >= 15 is 0 Å². The monoisotopic (exact) mass is 395 g/mol. The Morgan fingerprint density at radius 2 is 2.31 bits per heavy atom. The second kappa shape index (κ2) is 8.41. The number of hydrogen-bond donors (Lipinski definition) is 0. The zero-order valence-electron chi connectivity index (χ0n) is 15.6. The smallest absolute Gasteiger partial charge is 0.265 e. The third-order valence-electron chi connectivity index (χ3n) is 4.52. The zero-order valence-corrected chi connectivity index (χ0v) is 17.3. The molecule has 26 heavy (non-hydrogen) atoms. The van der Waals surface area contributed by atoms with Crippen molar-refractivity contribution < 1.29 is 9.53 Å². The summed E-state index contributed by atoms with van der Waals surface area (Å²) in [6, 6.07) is 0.179. The van der Waals surface area contributed by atoms with Crippen molar-refractivity contribution in [3.05, 3.63) is 21.9 Å². The SMILES string of the molecule is COCCc1nsc(N2CCC(N(C)C(=O)c3cnc(C(C)C)s3)C2)n1. The molecule has 1 unspecified atom stereocenters. The van der Waals surface area contributed by atoms with Crippen molar-refractivity contribution in [1.29, 1.82) is 0 Å². The van der Waals surface area contributed by atoms with Crippen molar-refractivity contribution in [2.45, 2.75) is 38.6 Å². The maximum Gasteiger partial charge on any atom is 0.265 e. The summed E-state index contributed by atoms with van der Waals surface area (Å²) in [4.78, 5) is 26.5. The van der Waals surface area contributed by atoms with E-state index in [2.05, 4.69) is 33.1 Å². The molecule has 1 atom stereocenters. The van der Waals surface area contributed by atoms with Crippen LogP contribution in [0.4, 0.5) is 5.13 Å². The van der Waals surface area contributed by atoms with Crippen LogP contribution in [0, 0.1) is 0 Å². The lowest BCUT2D eigenvalue weighted by Gasteiger charge is -2.24. The van der Waals surface area contributed by atoms with E-state index in [1.165, 1.54) is 22.9 Å². The zero-order chi connectivity index (χ0) is 18.7. The van der Waals surface area contributed by atoms with Gasteiger partial charge in [-0.1, -0.05) is 13.8 Å². The predicted molar refractivity (Wildman–Crippen MR) is 104 cm³/mol. The fourth-order valence-corrected chi connectivity index (χ4v) is 4.54. The highest BCUT2D eigenvalue weighted by Gasteiger charge is 2.31. The van der Waals surface area contributed by atoms with E-state index in [1.807, 2.05) is 11.9 Å². The van der Waals surface area contributed by atoms with Crippen LogP contribution in [-0.2, 0) is 11.2 Å².